The zero-order chi connectivity index (χ0) is 25.2. The van der Waals surface area contributed by atoms with Crippen LogP contribution in [0.25, 0.3) is 17.0 Å². The summed E-state index contributed by atoms with van der Waals surface area (Å²) in [6.45, 7) is 2.18. The standard InChI is InChI=1S/C27H22BrF3N4O/c28-19-4-5-20-21-16-34(10-1-2-17-3-6-22(29)23(30)12-17)11-8-24(21)35(25(20)14-19)27(36)33-15-18-7-9-32-26(31)13-18/h1-7,9,12-14H,8,10-11,15-16H2,(H,33,36)/b2-1+. The van der Waals surface area contributed by atoms with Crippen LogP contribution in [0, 0.1) is 17.6 Å². The van der Waals surface area contributed by atoms with Gasteiger partial charge in [0.25, 0.3) is 0 Å². The molecule has 5 nitrogen and oxygen atoms in total. The zero-order valence-corrected chi connectivity index (χ0v) is 20.7. The van der Waals surface area contributed by atoms with Crippen LogP contribution < -0.4 is 5.32 Å². The number of nitrogens with one attached hydrogen (secondary N) is 1. The fourth-order valence-corrected chi connectivity index (χ4v) is 4.89. The lowest BCUT2D eigenvalue weighted by Gasteiger charge is -2.27. The molecule has 5 rings (SSSR count). The number of rotatable bonds is 5. The second-order valence-electron chi connectivity index (χ2n) is 8.63. The third-order valence-corrected chi connectivity index (χ3v) is 6.74. The largest absolute Gasteiger partial charge is 0.333 e. The Hall–Kier alpha value is -3.43. The fourth-order valence-electron chi connectivity index (χ4n) is 4.54. The molecule has 4 aromatic rings. The van der Waals surface area contributed by atoms with Gasteiger partial charge in [0.15, 0.2) is 11.6 Å². The monoisotopic (exact) mass is 554 g/mol. The molecule has 0 bridgehead atoms. The van der Waals surface area contributed by atoms with E-state index in [4.69, 9.17) is 0 Å². The molecule has 2 aromatic carbocycles. The van der Waals surface area contributed by atoms with E-state index in [1.165, 1.54) is 24.4 Å². The smallest absolute Gasteiger partial charge is 0.326 e. The van der Waals surface area contributed by atoms with E-state index in [2.05, 4.69) is 31.1 Å². The minimum atomic E-state index is -0.869. The molecule has 36 heavy (non-hydrogen) atoms. The van der Waals surface area contributed by atoms with E-state index in [9.17, 15) is 18.0 Å². The van der Waals surface area contributed by atoms with Crippen LogP contribution in [0.15, 0.2) is 65.3 Å². The molecule has 2 aromatic heterocycles. The lowest BCUT2D eigenvalue weighted by atomic mass is 10.0. The first-order valence-corrected chi connectivity index (χ1v) is 12.2. The predicted molar refractivity (Wildman–Crippen MR) is 136 cm³/mol. The molecule has 184 valence electrons. The number of benzene rings is 2. The van der Waals surface area contributed by atoms with Crippen LogP contribution >= 0.6 is 15.9 Å². The van der Waals surface area contributed by atoms with Gasteiger partial charge in [-0.15, -0.1) is 0 Å². The molecule has 1 N–H and O–H groups in total. The predicted octanol–water partition coefficient (Wildman–Crippen LogP) is 6.05. The van der Waals surface area contributed by atoms with Gasteiger partial charge in [-0.1, -0.05) is 40.2 Å². The number of carbonyl (C=O) groups excluding carboxylic acids is 1. The van der Waals surface area contributed by atoms with E-state index in [0.717, 1.165) is 39.2 Å². The molecule has 0 saturated carbocycles. The molecule has 1 aliphatic heterocycles. The molecule has 0 atom stereocenters. The fraction of sp³-hybridized carbons (Fsp3) is 0.185. The Morgan fingerprint density at radius 1 is 1.08 bits per heavy atom. The van der Waals surface area contributed by atoms with Gasteiger partial charge in [0, 0.05) is 54.3 Å². The van der Waals surface area contributed by atoms with Crippen LogP contribution in [0.5, 0.6) is 0 Å². The summed E-state index contributed by atoms with van der Waals surface area (Å²) in [6, 6.07) is 12.4. The lowest BCUT2D eigenvalue weighted by molar-refractivity contribution is 0.240. The SMILES string of the molecule is O=C(NCc1ccnc(F)c1)n1c2c(c3ccc(Br)cc31)CN(C/C=C/c1ccc(F)c(F)c1)CC2. The van der Waals surface area contributed by atoms with Crippen molar-refractivity contribution in [2.75, 3.05) is 13.1 Å². The highest BCUT2D eigenvalue weighted by Gasteiger charge is 2.26. The van der Waals surface area contributed by atoms with Gasteiger partial charge < -0.3 is 5.32 Å². The molecule has 9 heteroatoms. The molecule has 0 saturated heterocycles. The maximum Gasteiger partial charge on any atom is 0.326 e. The van der Waals surface area contributed by atoms with Crippen molar-refractivity contribution in [2.24, 2.45) is 0 Å². The second-order valence-corrected chi connectivity index (χ2v) is 9.54. The van der Waals surface area contributed by atoms with Crippen molar-refractivity contribution in [2.45, 2.75) is 19.5 Å². The molecule has 0 fully saturated rings. The normalized spacial score (nSPS) is 13.9. The third-order valence-electron chi connectivity index (χ3n) is 6.25. The average Bonchev–Trinajstić information content (AvgIpc) is 3.17. The Morgan fingerprint density at radius 2 is 1.94 bits per heavy atom. The topological polar surface area (TPSA) is 50.2 Å². The summed E-state index contributed by atoms with van der Waals surface area (Å²) in [5.41, 5.74) is 4.05. The molecule has 3 heterocycles. The summed E-state index contributed by atoms with van der Waals surface area (Å²) in [5.74, 6) is -2.32. The van der Waals surface area contributed by atoms with Gasteiger partial charge in [-0.3, -0.25) is 9.47 Å². The van der Waals surface area contributed by atoms with Crippen LogP contribution in [0.4, 0.5) is 18.0 Å². The first-order valence-electron chi connectivity index (χ1n) is 11.4. The van der Waals surface area contributed by atoms with Crippen molar-refractivity contribution < 1.29 is 18.0 Å². The highest BCUT2D eigenvalue weighted by molar-refractivity contribution is 9.10. The minimum Gasteiger partial charge on any atom is -0.333 e. The molecule has 0 spiro atoms. The Kier molecular flexibility index (Phi) is 6.93. The zero-order valence-electron chi connectivity index (χ0n) is 19.1. The van der Waals surface area contributed by atoms with E-state index >= 15 is 0 Å². The number of nitrogens with zero attached hydrogens (tertiary/aromatic N) is 3. The van der Waals surface area contributed by atoms with Gasteiger partial charge in [-0.05, 0) is 53.1 Å². The van der Waals surface area contributed by atoms with E-state index < -0.39 is 17.6 Å². The molecular weight excluding hydrogens is 533 g/mol. The van der Waals surface area contributed by atoms with Crippen LogP contribution in [0.3, 0.4) is 0 Å². The van der Waals surface area contributed by atoms with E-state index in [-0.39, 0.29) is 12.6 Å². The minimum absolute atomic E-state index is 0.182. The van der Waals surface area contributed by atoms with Gasteiger partial charge in [-0.25, -0.2) is 18.6 Å². The number of aromatic nitrogens is 2. The molecule has 0 radical (unpaired) electrons. The highest BCUT2D eigenvalue weighted by Crippen LogP contribution is 2.32. The van der Waals surface area contributed by atoms with Crippen molar-refractivity contribution in [3.8, 4) is 0 Å². The van der Waals surface area contributed by atoms with Crippen molar-refractivity contribution in [1.29, 1.82) is 0 Å². The van der Waals surface area contributed by atoms with E-state index in [1.807, 2.05) is 24.3 Å². The summed E-state index contributed by atoms with van der Waals surface area (Å²) in [7, 11) is 0. The first kappa shape index (κ1) is 24.3. The van der Waals surface area contributed by atoms with Crippen molar-refractivity contribution in [3.05, 3.63) is 105 Å². The average molecular weight is 555 g/mol. The van der Waals surface area contributed by atoms with Gasteiger partial charge in [0.1, 0.15) is 0 Å². The lowest BCUT2D eigenvalue weighted by Crippen LogP contribution is -2.34. The Labute approximate surface area is 214 Å². The number of halogens is 4. The number of carbonyl (C=O) groups is 1. The van der Waals surface area contributed by atoms with Crippen molar-refractivity contribution in [3.63, 3.8) is 0 Å². The molecule has 0 unspecified atom stereocenters. The Balaban J connectivity index is 1.36. The quantitative estimate of drug-likeness (QED) is 0.306. The summed E-state index contributed by atoms with van der Waals surface area (Å²) in [5, 5.41) is 3.89. The summed E-state index contributed by atoms with van der Waals surface area (Å²) in [4.78, 5) is 19.1. The van der Waals surface area contributed by atoms with Crippen molar-refractivity contribution in [1.82, 2.24) is 19.8 Å². The number of hydrogen-bond acceptors (Lipinski definition) is 3. The van der Waals surface area contributed by atoms with E-state index in [0.29, 0.717) is 30.6 Å². The third kappa shape index (κ3) is 5.08. The maximum atomic E-state index is 13.5. The number of hydrogen-bond donors (Lipinski definition) is 1. The Morgan fingerprint density at radius 3 is 2.75 bits per heavy atom. The Bertz CT molecular complexity index is 1480. The van der Waals surface area contributed by atoms with Crippen LogP contribution in [-0.2, 0) is 19.5 Å². The first-order chi connectivity index (χ1) is 17.4. The summed E-state index contributed by atoms with van der Waals surface area (Å²) < 4.78 is 42.6. The second kappa shape index (κ2) is 10.3. The molecule has 0 aliphatic carbocycles. The molecule has 1 aliphatic rings. The molecule has 1 amide bonds. The van der Waals surface area contributed by atoms with Crippen LogP contribution in [0.2, 0.25) is 0 Å². The number of amides is 1. The molecular formula is C27H22BrF3N4O. The number of fused-ring (bicyclic) bond motifs is 3. The van der Waals surface area contributed by atoms with Gasteiger partial charge in [-0.2, -0.15) is 4.39 Å². The van der Waals surface area contributed by atoms with Gasteiger partial charge >= 0.3 is 6.03 Å². The number of pyridine rings is 1. The highest BCUT2D eigenvalue weighted by atomic mass is 79.9. The van der Waals surface area contributed by atoms with Crippen LogP contribution in [-0.4, -0.2) is 33.6 Å². The maximum absolute atomic E-state index is 13.5. The van der Waals surface area contributed by atoms with Crippen molar-refractivity contribution >= 4 is 38.9 Å². The van der Waals surface area contributed by atoms with Gasteiger partial charge in [0.05, 0.1) is 5.52 Å². The van der Waals surface area contributed by atoms with Gasteiger partial charge in [0.2, 0.25) is 5.95 Å². The summed E-state index contributed by atoms with van der Waals surface area (Å²) in [6.07, 6.45) is 5.73. The summed E-state index contributed by atoms with van der Waals surface area (Å²) >= 11 is 3.51. The van der Waals surface area contributed by atoms with E-state index in [1.54, 1.807) is 16.7 Å². The van der Waals surface area contributed by atoms with Crippen LogP contribution in [0.1, 0.15) is 22.4 Å².